The second kappa shape index (κ2) is 9.00. The van der Waals surface area contributed by atoms with Crippen molar-refractivity contribution in [2.75, 3.05) is 10.6 Å². The van der Waals surface area contributed by atoms with Gasteiger partial charge in [-0.05, 0) is 67.1 Å². The fourth-order valence-electron chi connectivity index (χ4n) is 2.55. The van der Waals surface area contributed by atoms with Crippen molar-refractivity contribution in [3.05, 3.63) is 78.4 Å². The summed E-state index contributed by atoms with van der Waals surface area (Å²) in [5.41, 5.74) is -2.91. The molecule has 9 heteroatoms. The lowest BCUT2D eigenvalue weighted by molar-refractivity contribution is -0.0384. The maximum atomic E-state index is 12.5. The van der Waals surface area contributed by atoms with Gasteiger partial charge in [-0.3, -0.25) is 0 Å². The Morgan fingerprint density at radius 2 is 1.53 bits per heavy atom. The zero-order chi connectivity index (χ0) is 21.7. The summed E-state index contributed by atoms with van der Waals surface area (Å²) in [6.07, 6.45) is 0. The van der Waals surface area contributed by atoms with Gasteiger partial charge in [-0.1, -0.05) is 18.2 Å². The number of hydrogen-bond acceptors (Lipinski definition) is 3. The van der Waals surface area contributed by atoms with Crippen LogP contribution in [0.3, 0.4) is 0 Å². The molecule has 0 radical (unpaired) electrons. The first-order valence-corrected chi connectivity index (χ1v) is 9.87. The third-order valence-electron chi connectivity index (χ3n) is 3.94. The zero-order valence-corrected chi connectivity index (χ0v) is 16.5. The smallest absolute Gasteiger partial charge is 0.457 e. The number of amides is 2. The number of carbonyl (C=O) groups is 1. The first-order valence-electron chi connectivity index (χ1n) is 8.72. The lowest BCUT2D eigenvalue weighted by Crippen LogP contribution is -2.19. The van der Waals surface area contributed by atoms with E-state index >= 15 is 0 Å². The first kappa shape index (κ1) is 21.4. The molecule has 0 saturated heterocycles. The number of benzene rings is 3. The first-order chi connectivity index (χ1) is 14.2. The second-order valence-electron chi connectivity index (χ2n) is 6.21. The highest BCUT2D eigenvalue weighted by molar-refractivity contribution is 7.86. The molecule has 1 unspecified atom stereocenters. The average Bonchev–Trinajstić information content (AvgIpc) is 2.70. The number of urea groups is 1. The molecule has 0 aliphatic carbocycles. The minimum absolute atomic E-state index is 0.295. The van der Waals surface area contributed by atoms with E-state index in [0.717, 1.165) is 12.1 Å². The van der Waals surface area contributed by atoms with Crippen LogP contribution in [-0.4, -0.2) is 15.7 Å². The van der Waals surface area contributed by atoms with Crippen LogP contribution in [0.15, 0.2) is 77.7 Å². The van der Waals surface area contributed by atoms with E-state index in [9.17, 15) is 22.2 Å². The molecule has 0 aliphatic rings. The van der Waals surface area contributed by atoms with Gasteiger partial charge in [0, 0.05) is 16.3 Å². The molecular formula is C21H17F3N2O3S. The lowest BCUT2D eigenvalue weighted by Gasteiger charge is -2.12. The van der Waals surface area contributed by atoms with Crippen molar-refractivity contribution in [1.82, 2.24) is 0 Å². The summed E-state index contributed by atoms with van der Waals surface area (Å²) < 4.78 is 54.6. The van der Waals surface area contributed by atoms with E-state index < -0.39 is 22.3 Å². The molecule has 3 aromatic carbocycles. The maximum absolute atomic E-state index is 12.5. The number of alkyl halides is 3. The number of para-hydroxylation sites is 1. The number of hydrogen-bond donors (Lipinski definition) is 2. The van der Waals surface area contributed by atoms with Crippen LogP contribution in [0.1, 0.15) is 5.56 Å². The predicted molar refractivity (Wildman–Crippen MR) is 109 cm³/mol. The van der Waals surface area contributed by atoms with Crippen molar-refractivity contribution in [2.24, 2.45) is 0 Å². The van der Waals surface area contributed by atoms with Crippen LogP contribution in [0.4, 0.5) is 29.3 Å². The van der Waals surface area contributed by atoms with Gasteiger partial charge in [0.1, 0.15) is 11.5 Å². The number of aryl methyl sites for hydroxylation is 1. The molecule has 0 bridgehead atoms. The molecule has 0 saturated carbocycles. The molecule has 2 amide bonds. The molecular weight excluding hydrogens is 417 g/mol. The fraction of sp³-hybridized carbons (Fsp3) is 0.0952. The monoisotopic (exact) mass is 434 g/mol. The number of ether oxygens (including phenoxy) is 1. The minimum Gasteiger partial charge on any atom is -0.457 e. The molecule has 0 heterocycles. The molecule has 2 N–H and O–H groups in total. The summed E-state index contributed by atoms with van der Waals surface area (Å²) in [7, 11) is -3.09. The Balaban J connectivity index is 1.64. The SMILES string of the molecule is Cc1cc(NC(=O)Nc2ccccc2)ccc1Oc1ccc(S(=O)C(F)(F)F)cc1. The molecule has 0 aromatic heterocycles. The highest BCUT2D eigenvalue weighted by Crippen LogP contribution is 2.30. The molecule has 3 aromatic rings. The Labute approximate surface area is 173 Å². The molecule has 0 fully saturated rings. The third-order valence-corrected chi connectivity index (χ3v) is 5.06. The van der Waals surface area contributed by atoms with Crippen molar-refractivity contribution in [2.45, 2.75) is 17.3 Å². The summed E-state index contributed by atoms with van der Waals surface area (Å²) in [5, 5.41) is 5.41. The minimum atomic E-state index is -4.81. The third kappa shape index (κ3) is 5.60. The lowest BCUT2D eigenvalue weighted by atomic mass is 10.2. The van der Waals surface area contributed by atoms with E-state index in [-0.39, 0.29) is 4.90 Å². The molecule has 0 aliphatic heterocycles. The second-order valence-corrected chi connectivity index (χ2v) is 7.69. The van der Waals surface area contributed by atoms with Crippen LogP contribution >= 0.6 is 0 Å². The van der Waals surface area contributed by atoms with Crippen molar-refractivity contribution in [1.29, 1.82) is 0 Å². The normalized spacial score (nSPS) is 12.1. The quantitative estimate of drug-likeness (QED) is 0.513. The van der Waals surface area contributed by atoms with Gasteiger partial charge in [-0.15, -0.1) is 0 Å². The Morgan fingerprint density at radius 1 is 0.900 bits per heavy atom. The Hall–Kier alpha value is -3.33. The van der Waals surface area contributed by atoms with Crippen LogP contribution in [0.25, 0.3) is 0 Å². The number of carbonyl (C=O) groups excluding carboxylic acids is 1. The van der Waals surface area contributed by atoms with E-state index in [1.807, 2.05) is 6.07 Å². The van der Waals surface area contributed by atoms with Crippen LogP contribution < -0.4 is 15.4 Å². The Bertz CT molecular complexity index is 1060. The van der Waals surface area contributed by atoms with E-state index in [1.54, 1.807) is 49.4 Å². The van der Waals surface area contributed by atoms with Gasteiger partial charge in [0.05, 0.1) is 0 Å². The largest absolute Gasteiger partial charge is 0.475 e. The summed E-state index contributed by atoms with van der Waals surface area (Å²) in [5.74, 6) is 0.761. The molecule has 156 valence electrons. The number of nitrogens with one attached hydrogen (secondary N) is 2. The van der Waals surface area contributed by atoms with Gasteiger partial charge in [0.15, 0.2) is 10.8 Å². The van der Waals surface area contributed by atoms with Gasteiger partial charge in [-0.2, -0.15) is 13.2 Å². The van der Waals surface area contributed by atoms with Crippen molar-refractivity contribution in [3.8, 4) is 11.5 Å². The summed E-state index contributed by atoms with van der Waals surface area (Å²) in [4.78, 5) is 11.7. The van der Waals surface area contributed by atoms with Crippen LogP contribution in [-0.2, 0) is 10.8 Å². The standard InChI is InChI=1S/C21H17F3N2O3S/c1-14-13-16(26-20(27)25-15-5-3-2-4-6-15)7-12-19(14)29-17-8-10-18(11-9-17)30(28)21(22,23)24/h2-13H,1H3,(H2,25,26,27). The topological polar surface area (TPSA) is 67.4 Å². The van der Waals surface area contributed by atoms with E-state index in [4.69, 9.17) is 4.74 Å². The predicted octanol–water partition coefficient (Wildman–Crippen LogP) is 6.06. The summed E-state index contributed by atoms with van der Waals surface area (Å²) in [6.45, 7) is 1.77. The Morgan fingerprint density at radius 3 is 2.13 bits per heavy atom. The zero-order valence-electron chi connectivity index (χ0n) is 15.7. The fourth-order valence-corrected chi connectivity index (χ4v) is 3.20. The van der Waals surface area contributed by atoms with Crippen LogP contribution in [0.2, 0.25) is 0 Å². The van der Waals surface area contributed by atoms with E-state index in [2.05, 4.69) is 10.6 Å². The van der Waals surface area contributed by atoms with Crippen LogP contribution in [0.5, 0.6) is 11.5 Å². The molecule has 30 heavy (non-hydrogen) atoms. The number of rotatable bonds is 5. The van der Waals surface area contributed by atoms with Gasteiger partial charge in [-0.25, -0.2) is 9.00 Å². The van der Waals surface area contributed by atoms with Crippen molar-refractivity contribution in [3.63, 3.8) is 0 Å². The van der Waals surface area contributed by atoms with Gasteiger partial charge < -0.3 is 15.4 Å². The van der Waals surface area contributed by atoms with E-state index in [1.165, 1.54) is 12.1 Å². The number of anilines is 2. The van der Waals surface area contributed by atoms with Crippen molar-refractivity contribution >= 4 is 28.2 Å². The van der Waals surface area contributed by atoms with E-state index in [0.29, 0.717) is 28.4 Å². The molecule has 1 atom stereocenters. The molecule has 3 rings (SSSR count). The highest BCUT2D eigenvalue weighted by atomic mass is 32.2. The number of halogens is 3. The van der Waals surface area contributed by atoms with Gasteiger partial charge in [0.25, 0.3) is 0 Å². The molecule has 5 nitrogen and oxygen atoms in total. The van der Waals surface area contributed by atoms with Gasteiger partial charge >= 0.3 is 11.5 Å². The van der Waals surface area contributed by atoms with Crippen molar-refractivity contribution < 1.29 is 26.9 Å². The summed E-state index contributed by atoms with van der Waals surface area (Å²) >= 11 is 0. The highest BCUT2D eigenvalue weighted by Gasteiger charge is 2.37. The van der Waals surface area contributed by atoms with Gasteiger partial charge in [0.2, 0.25) is 0 Å². The summed E-state index contributed by atoms with van der Waals surface area (Å²) in [6, 6.07) is 18.4. The average molecular weight is 434 g/mol. The van der Waals surface area contributed by atoms with Crippen LogP contribution in [0, 0.1) is 6.92 Å². The molecule has 0 spiro atoms. The maximum Gasteiger partial charge on any atom is 0.475 e. The Kier molecular flexibility index (Phi) is 6.41.